The van der Waals surface area contributed by atoms with Crippen LogP contribution >= 0.6 is 23.5 Å². The number of amides is 1. The summed E-state index contributed by atoms with van der Waals surface area (Å²) in [6.07, 6.45) is 2.74. The number of hydrogen-bond acceptors (Lipinski definition) is 4. The molecule has 1 amide bonds. The summed E-state index contributed by atoms with van der Waals surface area (Å²) in [5.74, 6) is 3.33. The van der Waals surface area contributed by atoms with Crippen LogP contribution in [0.2, 0.25) is 0 Å². The van der Waals surface area contributed by atoms with Crippen LogP contribution in [0.1, 0.15) is 30.4 Å². The minimum atomic E-state index is -0.141. The summed E-state index contributed by atoms with van der Waals surface area (Å²) in [5, 5.41) is 3.37. The van der Waals surface area contributed by atoms with E-state index in [9.17, 15) is 4.79 Å². The molecular weight excluding hydrogens is 314 g/mol. The monoisotopic (exact) mass is 337 g/mol. The zero-order valence-corrected chi connectivity index (χ0v) is 14.9. The Balaban J connectivity index is 2.39. The van der Waals surface area contributed by atoms with Crippen molar-refractivity contribution in [1.29, 1.82) is 0 Å². The molecule has 120 valence electrons. The van der Waals surface area contributed by atoms with Crippen LogP contribution in [-0.4, -0.2) is 17.4 Å². The lowest BCUT2D eigenvalue weighted by atomic mass is 10.2. The molecule has 1 N–H and O–H groups in total. The van der Waals surface area contributed by atoms with Gasteiger partial charge in [0.2, 0.25) is 5.91 Å². The summed E-state index contributed by atoms with van der Waals surface area (Å²) < 4.78 is 5.53. The Morgan fingerprint density at radius 2 is 2.18 bits per heavy atom. The van der Waals surface area contributed by atoms with Crippen LogP contribution in [0.5, 0.6) is 0 Å². The van der Waals surface area contributed by atoms with Gasteiger partial charge in [-0.05, 0) is 47.5 Å². The molecule has 1 rings (SSSR count). The van der Waals surface area contributed by atoms with Gasteiger partial charge in [-0.25, -0.2) is 0 Å². The van der Waals surface area contributed by atoms with Crippen molar-refractivity contribution in [1.82, 2.24) is 5.32 Å². The summed E-state index contributed by atoms with van der Waals surface area (Å²) >= 11 is 3.29. The molecular formula is C17H23NO2S2. The maximum absolute atomic E-state index is 12.0. The number of nitrogens with one attached hydrogen (secondary N) is 1. The lowest BCUT2D eigenvalue weighted by molar-refractivity contribution is -0.119. The number of aryl methyl sites for hydroxylation is 1. The predicted molar refractivity (Wildman–Crippen MR) is 98.9 cm³/mol. The number of carbonyl (C=O) groups is 1. The second kappa shape index (κ2) is 9.64. The highest BCUT2D eigenvalue weighted by Crippen LogP contribution is 2.25. The largest absolute Gasteiger partial charge is 0.461 e. The van der Waals surface area contributed by atoms with Crippen molar-refractivity contribution in [2.75, 3.05) is 11.5 Å². The molecule has 1 aromatic rings. The van der Waals surface area contributed by atoms with Gasteiger partial charge in [0.25, 0.3) is 0 Å². The first kappa shape index (κ1) is 18.7. The van der Waals surface area contributed by atoms with Gasteiger partial charge in [0.05, 0.1) is 11.4 Å². The van der Waals surface area contributed by atoms with Gasteiger partial charge in [0, 0.05) is 0 Å². The third-order valence-corrected chi connectivity index (χ3v) is 4.55. The van der Waals surface area contributed by atoms with Gasteiger partial charge in [-0.3, -0.25) is 4.79 Å². The number of rotatable bonds is 10. The van der Waals surface area contributed by atoms with E-state index in [4.69, 9.17) is 4.42 Å². The Labute approximate surface area is 141 Å². The lowest BCUT2D eigenvalue weighted by Crippen LogP contribution is -2.22. The molecule has 5 heteroatoms. The van der Waals surface area contributed by atoms with E-state index in [1.165, 1.54) is 11.8 Å². The molecule has 0 unspecified atom stereocenters. The van der Waals surface area contributed by atoms with Crippen LogP contribution in [0.3, 0.4) is 0 Å². The fourth-order valence-electron chi connectivity index (χ4n) is 1.79. The van der Waals surface area contributed by atoms with Crippen LogP contribution in [0.4, 0.5) is 0 Å². The molecule has 0 saturated heterocycles. The highest BCUT2D eigenvalue weighted by molar-refractivity contribution is 8.06. The molecule has 0 aliphatic carbocycles. The standard InChI is InChI=1S/C17H23NO2S2/c1-6-16-12(3)10-15(20-16)11-17(19)18-14(5)22-13(4)8-9-21-7-2/h6,10H,1,4-5,7-9,11H2,2-3H3,(H,18,19). The number of hydrogen-bond donors (Lipinski definition) is 1. The molecule has 0 saturated carbocycles. The minimum absolute atomic E-state index is 0.141. The molecule has 3 nitrogen and oxygen atoms in total. The van der Waals surface area contributed by atoms with Crippen LogP contribution in [0.15, 0.2) is 40.2 Å². The van der Waals surface area contributed by atoms with Crippen molar-refractivity contribution in [2.24, 2.45) is 0 Å². The molecule has 0 aliphatic rings. The number of carbonyl (C=O) groups excluding carboxylic acids is 1. The zero-order valence-electron chi connectivity index (χ0n) is 13.2. The number of thioether (sulfide) groups is 2. The first-order valence-corrected chi connectivity index (χ1v) is 9.07. The van der Waals surface area contributed by atoms with Gasteiger partial charge in [-0.1, -0.05) is 38.4 Å². The first-order chi connectivity index (χ1) is 10.5. The molecule has 0 fully saturated rings. The van der Waals surface area contributed by atoms with E-state index < -0.39 is 0 Å². The summed E-state index contributed by atoms with van der Waals surface area (Å²) in [6.45, 7) is 15.6. The van der Waals surface area contributed by atoms with E-state index in [2.05, 4.69) is 32.0 Å². The van der Waals surface area contributed by atoms with Crippen molar-refractivity contribution < 1.29 is 9.21 Å². The zero-order chi connectivity index (χ0) is 16.5. The molecule has 0 aliphatic heterocycles. The molecule has 22 heavy (non-hydrogen) atoms. The van der Waals surface area contributed by atoms with E-state index in [1.807, 2.05) is 24.8 Å². The Bertz CT molecular complexity index is 561. The molecule has 0 radical (unpaired) electrons. The topological polar surface area (TPSA) is 42.2 Å². The van der Waals surface area contributed by atoms with Gasteiger partial charge in [0.15, 0.2) is 0 Å². The van der Waals surface area contributed by atoms with Crippen molar-refractivity contribution in [3.63, 3.8) is 0 Å². The second-order valence-electron chi connectivity index (χ2n) is 4.70. The third-order valence-electron chi connectivity index (χ3n) is 2.80. The number of furan rings is 1. The second-order valence-corrected chi connectivity index (χ2v) is 7.37. The summed E-state index contributed by atoms with van der Waals surface area (Å²) in [4.78, 5) is 13.0. The van der Waals surface area contributed by atoms with Gasteiger partial charge in [-0.15, -0.1) is 0 Å². The van der Waals surface area contributed by atoms with Gasteiger partial charge in [-0.2, -0.15) is 11.8 Å². The van der Waals surface area contributed by atoms with E-state index >= 15 is 0 Å². The van der Waals surface area contributed by atoms with Crippen molar-refractivity contribution >= 4 is 35.5 Å². The van der Waals surface area contributed by atoms with Crippen LogP contribution in [-0.2, 0) is 11.2 Å². The Hall–Kier alpha value is -1.33. The van der Waals surface area contributed by atoms with Gasteiger partial charge in [0.1, 0.15) is 11.5 Å². The van der Waals surface area contributed by atoms with Crippen molar-refractivity contribution in [2.45, 2.75) is 26.7 Å². The average molecular weight is 338 g/mol. The average Bonchev–Trinajstić information content (AvgIpc) is 2.78. The maximum Gasteiger partial charge on any atom is 0.232 e. The normalized spacial score (nSPS) is 10.3. The molecule has 1 aromatic heterocycles. The Morgan fingerprint density at radius 1 is 1.45 bits per heavy atom. The molecule has 1 heterocycles. The van der Waals surface area contributed by atoms with Crippen LogP contribution in [0, 0.1) is 6.92 Å². The van der Waals surface area contributed by atoms with Gasteiger partial charge >= 0.3 is 0 Å². The first-order valence-electron chi connectivity index (χ1n) is 7.10. The van der Waals surface area contributed by atoms with E-state index in [1.54, 1.807) is 6.08 Å². The third kappa shape index (κ3) is 6.62. The minimum Gasteiger partial charge on any atom is -0.461 e. The summed E-state index contributed by atoms with van der Waals surface area (Å²) in [6, 6.07) is 1.85. The smallest absolute Gasteiger partial charge is 0.232 e. The van der Waals surface area contributed by atoms with E-state index in [-0.39, 0.29) is 12.3 Å². The fourth-order valence-corrected chi connectivity index (χ4v) is 3.32. The summed E-state index contributed by atoms with van der Waals surface area (Å²) in [7, 11) is 0. The van der Waals surface area contributed by atoms with E-state index in [0.717, 1.165) is 28.4 Å². The maximum atomic E-state index is 12.0. The molecule has 0 aromatic carbocycles. The molecule has 0 spiro atoms. The van der Waals surface area contributed by atoms with Crippen molar-refractivity contribution in [3.05, 3.63) is 52.8 Å². The van der Waals surface area contributed by atoms with E-state index in [0.29, 0.717) is 16.5 Å². The molecule has 0 bridgehead atoms. The Kier molecular flexibility index (Phi) is 8.20. The molecule has 0 atom stereocenters. The highest BCUT2D eigenvalue weighted by Gasteiger charge is 2.11. The number of allylic oxidation sites excluding steroid dienone is 1. The predicted octanol–water partition coefficient (Wildman–Crippen LogP) is 4.75. The quantitative estimate of drug-likeness (QED) is 0.626. The SMILES string of the molecule is C=Cc1oc(CC(=O)NC(=C)SC(=C)CCSCC)cc1C. The van der Waals surface area contributed by atoms with Crippen LogP contribution < -0.4 is 5.32 Å². The van der Waals surface area contributed by atoms with Crippen molar-refractivity contribution in [3.8, 4) is 0 Å². The summed E-state index contributed by atoms with van der Waals surface area (Å²) in [5.41, 5.74) is 0.979. The Morgan fingerprint density at radius 3 is 2.77 bits per heavy atom. The highest BCUT2D eigenvalue weighted by atomic mass is 32.2. The van der Waals surface area contributed by atoms with Crippen LogP contribution in [0.25, 0.3) is 6.08 Å². The fraction of sp³-hybridized carbons (Fsp3) is 0.353. The van der Waals surface area contributed by atoms with Gasteiger partial charge < -0.3 is 9.73 Å². The lowest BCUT2D eigenvalue weighted by Gasteiger charge is -2.09.